The van der Waals surface area contributed by atoms with Crippen molar-refractivity contribution in [2.45, 2.75) is 369 Å². The number of hydrogen-bond donors (Lipinski definition) is 12. The molecule has 3 aliphatic heterocycles. The lowest BCUT2D eigenvalue weighted by atomic mass is 9.96. The van der Waals surface area contributed by atoms with Crippen LogP contribution in [0.4, 0.5) is 0 Å². The zero-order chi connectivity index (χ0) is 69.6. The highest BCUT2D eigenvalue weighted by Crippen LogP contribution is 2.33. The Balaban J connectivity index is 1.25. The highest BCUT2D eigenvalue weighted by molar-refractivity contribution is 5.76. The van der Waals surface area contributed by atoms with Gasteiger partial charge in [-0.25, -0.2) is 0 Å². The molecule has 96 heavy (non-hydrogen) atoms. The molecule has 0 spiro atoms. The molecule has 0 aliphatic carbocycles. The summed E-state index contributed by atoms with van der Waals surface area (Å²) in [6, 6.07) is -0.989. The summed E-state index contributed by atoms with van der Waals surface area (Å²) in [6.07, 6.45) is 49.2. The summed E-state index contributed by atoms with van der Waals surface area (Å²) in [5.41, 5.74) is 0. The molecule has 17 unspecified atom stereocenters. The van der Waals surface area contributed by atoms with E-state index in [0.29, 0.717) is 12.8 Å². The van der Waals surface area contributed by atoms with Crippen LogP contribution in [-0.4, -0.2) is 193 Å². The molecule has 3 fully saturated rings. The number of nitrogens with one attached hydrogen (secondary N) is 1. The van der Waals surface area contributed by atoms with Gasteiger partial charge in [0.05, 0.1) is 38.6 Å². The quantitative estimate of drug-likeness (QED) is 0.0199. The van der Waals surface area contributed by atoms with E-state index < -0.39 is 124 Å². The molecule has 1 amide bonds. The van der Waals surface area contributed by atoms with Crippen LogP contribution in [0.5, 0.6) is 0 Å². The van der Waals surface area contributed by atoms with Crippen molar-refractivity contribution in [3.8, 4) is 0 Å². The molecule has 0 bridgehead atoms. The van der Waals surface area contributed by atoms with Crippen molar-refractivity contribution in [3.05, 3.63) is 85.1 Å². The van der Waals surface area contributed by atoms with E-state index in [1.54, 1.807) is 6.08 Å². The van der Waals surface area contributed by atoms with E-state index in [9.17, 15) is 61.0 Å². The second-order valence-corrected chi connectivity index (χ2v) is 26.7. The summed E-state index contributed by atoms with van der Waals surface area (Å²) < 4.78 is 34.3. The third-order valence-corrected chi connectivity index (χ3v) is 18.4. The van der Waals surface area contributed by atoms with Crippen molar-refractivity contribution in [2.75, 3.05) is 26.4 Å². The molecule has 0 radical (unpaired) electrons. The smallest absolute Gasteiger partial charge is 0.220 e. The van der Waals surface area contributed by atoms with Gasteiger partial charge in [0.1, 0.15) is 73.2 Å². The van der Waals surface area contributed by atoms with Gasteiger partial charge in [-0.3, -0.25) is 4.79 Å². The number of carbonyl (C=O) groups excluding carboxylic acids is 1. The van der Waals surface area contributed by atoms with Crippen LogP contribution in [0, 0.1) is 0 Å². The molecule has 3 heterocycles. The van der Waals surface area contributed by atoms with Crippen LogP contribution in [0.1, 0.15) is 264 Å². The standard InChI is InChI=1S/C77H135NO18/c1-3-5-7-9-11-13-15-16-17-18-19-20-21-22-23-24-25-26-27-28-29-30-31-32-33-34-35-36-37-38-39-40-41-42-43-44-45-47-49-51-53-55-65(83)78-60(61(82)54-52-50-48-46-14-12-10-8-6-4-2)59-91-75-71(89)68(86)73(63(57-80)93-75)96-77-72(90)69(87)74(64(58-81)94-77)95-76-70(88)67(85)66(84)62(56-79)92-76/h5,7,11,13-14,16-17,19-20,22-23,46,52,54,60-64,66-77,79-82,84-90H,3-4,6,8-10,12,15,18,21,24-45,47-51,53,55-59H2,1-2H3,(H,78,83)/b7-5-,13-11-,17-16-,20-19-,23-22-,46-14+,54-52+. The fourth-order valence-corrected chi connectivity index (χ4v) is 12.4. The van der Waals surface area contributed by atoms with Crippen molar-refractivity contribution in [2.24, 2.45) is 0 Å². The van der Waals surface area contributed by atoms with Crippen LogP contribution in [0.2, 0.25) is 0 Å². The van der Waals surface area contributed by atoms with E-state index in [0.717, 1.165) is 70.6 Å². The molecular formula is C77H135NO18. The molecule has 19 heteroatoms. The molecule has 3 aliphatic rings. The summed E-state index contributed by atoms with van der Waals surface area (Å²) in [7, 11) is 0. The Morgan fingerprint density at radius 2 is 0.729 bits per heavy atom. The summed E-state index contributed by atoms with van der Waals surface area (Å²) in [4.78, 5) is 13.4. The number of ether oxygens (including phenoxy) is 6. The van der Waals surface area contributed by atoms with Gasteiger partial charge < -0.3 is 89.9 Å². The third kappa shape index (κ3) is 38.1. The Hall–Kier alpha value is -3.03. The Labute approximate surface area is 578 Å². The lowest BCUT2D eigenvalue weighted by molar-refractivity contribution is -0.379. The Morgan fingerprint density at radius 1 is 0.385 bits per heavy atom. The largest absolute Gasteiger partial charge is 0.394 e. The molecule has 19 nitrogen and oxygen atoms in total. The maximum absolute atomic E-state index is 13.4. The normalized spacial score (nSPS) is 27.5. The number of aliphatic hydroxyl groups is 11. The van der Waals surface area contributed by atoms with Crippen LogP contribution < -0.4 is 5.32 Å². The minimum Gasteiger partial charge on any atom is -0.394 e. The van der Waals surface area contributed by atoms with Gasteiger partial charge in [0, 0.05) is 6.42 Å². The molecule has 556 valence electrons. The second-order valence-electron chi connectivity index (χ2n) is 26.7. The molecule has 0 aromatic carbocycles. The summed E-state index contributed by atoms with van der Waals surface area (Å²) in [6.45, 7) is 1.55. The van der Waals surface area contributed by atoms with E-state index in [2.05, 4.69) is 92.1 Å². The number of rotatable bonds is 58. The van der Waals surface area contributed by atoms with E-state index in [4.69, 9.17) is 28.4 Å². The first kappa shape index (κ1) is 87.2. The number of carbonyl (C=O) groups is 1. The average molecular weight is 1360 g/mol. The number of amides is 1. The zero-order valence-electron chi connectivity index (χ0n) is 59.1. The SMILES string of the molecule is CC/C=C\C/C=C\C/C=C\C/C=C\C/C=C\CCCCCCCCCCCCCCCCCCCCCCCCCCCC(=O)NC(COC1OC(CO)C(OC2OC(CO)C(OC3OC(CO)C(O)C(O)C3O)C(O)C2O)C(O)C1O)C(O)/C=C/CC/C=C/CCCCCC. The fourth-order valence-electron chi connectivity index (χ4n) is 12.4. The predicted molar refractivity (Wildman–Crippen MR) is 378 cm³/mol. The van der Waals surface area contributed by atoms with Crippen LogP contribution in [0.15, 0.2) is 85.1 Å². The van der Waals surface area contributed by atoms with Gasteiger partial charge in [0.25, 0.3) is 0 Å². The molecule has 0 aromatic rings. The van der Waals surface area contributed by atoms with Gasteiger partial charge in [0.2, 0.25) is 5.91 Å². The van der Waals surface area contributed by atoms with Crippen LogP contribution in [0.25, 0.3) is 0 Å². The van der Waals surface area contributed by atoms with Gasteiger partial charge in [-0.15, -0.1) is 0 Å². The van der Waals surface area contributed by atoms with Crippen molar-refractivity contribution >= 4 is 5.91 Å². The van der Waals surface area contributed by atoms with Crippen LogP contribution in [-0.2, 0) is 33.2 Å². The molecular weight excluding hydrogens is 1230 g/mol. The highest BCUT2D eigenvalue weighted by atomic mass is 16.8. The Bertz CT molecular complexity index is 2070. The predicted octanol–water partition coefficient (Wildman–Crippen LogP) is 11.4. The summed E-state index contributed by atoms with van der Waals surface area (Å²) in [5.74, 6) is -0.286. The van der Waals surface area contributed by atoms with Gasteiger partial charge in [-0.2, -0.15) is 0 Å². The highest BCUT2D eigenvalue weighted by Gasteiger charge is 2.53. The minimum absolute atomic E-state index is 0.236. The summed E-state index contributed by atoms with van der Waals surface area (Å²) >= 11 is 0. The van der Waals surface area contributed by atoms with E-state index in [1.807, 2.05) is 6.08 Å². The Morgan fingerprint density at radius 3 is 1.17 bits per heavy atom. The van der Waals surface area contributed by atoms with E-state index >= 15 is 0 Å². The van der Waals surface area contributed by atoms with Gasteiger partial charge >= 0.3 is 0 Å². The molecule has 3 rings (SSSR count). The van der Waals surface area contributed by atoms with Gasteiger partial charge in [-0.05, 0) is 77.0 Å². The topological polar surface area (TPSA) is 307 Å². The maximum atomic E-state index is 13.4. The molecule has 12 N–H and O–H groups in total. The van der Waals surface area contributed by atoms with Gasteiger partial charge in [0.15, 0.2) is 18.9 Å². The van der Waals surface area contributed by atoms with Gasteiger partial charge in [-0.1, -0.05) is 266 Å². The van der Waals surface area contributed by atoms with E-state index in [-0.39, 0.29) is 18.9 Å². The molecule has 0 saturated carbocycles. The second kappa shape index (κ2) is 57.6. The summed E-state index contributed by atoms with van der Waals surface area (Å²) in [5, 5.41) is 120. The van der Waals surface area contributed by atoms with Crippen molar-refractivity contribution < 1.29 is 89.4 Å². The fraction of sp³-hybridized carbons (Fsp3) is 0.805. The van der Waals surface area contributed by atoms with Crippen molar-refractivity contribution in [1.82, 2.24) is 5.32 Å². The van der Waals surface area contributed by atoms with Crippen molar-refractivity contribution in [3.63, 3.8) is 0 Å². The molecule has 3 saturated heterocycles. The first-order valence-electron chi connectivity index (χ1n) is 37.8. The molecule has 17 atom stereocenters. The number of aliphatic hydroxyl groups excluding tert-OH is 11. The average Bonchev–Trinajstić information content (AvgIpc) is 0.849. The first-order valence-corrected chi connectivity index (χ1v) is 37.8. The number of unbranched alkanes of at least 4 members (excludes halogenated alkanes) is 30. The maximum Gasteiger partial charge on any atom is 0.220 e. The lowest BCUT2D eigenvalue weighted by Crippen LogP contribution is -2.66. The van der Waals surface area contributed by atoms with Crippen LogP contribution >= 0.6 is 0 Å². The zero-order valence-corrected chi connectivity index (χ0v) is 59.1. The molecule has 0 aromatic heterocycles. The third-order valence-electron chi connectivity index (χ3n) is 18.4. The Kier molecular flexibility index (Phi) is 52.3. The lowest BCUT2D eigenvalue weighted by Gasteiger charge is -2.48. The van der Waals surface area contributed by atoms with E-state index in [1.165, 1.54) is 161 Å². The number of hydrogen-bond acceptors (Lipinski definition) is 18. The minimum atomic E-state index is -1.98. The first-order chi connectivity index (χ1) is 46.8. The number of allylic oxidation sites excluding steroid dienone is 13. The van der Waals surface area contributed by atoms with Crippen LogP contribution in [0.3, 0.4) is 0 Å². The monoisotopic (exact) mass is 1360 g/mol. The van der Waals surface area contributed by atoms with Crippen molar-refractivity contribution in [1.29, 1.82) is 0 Å².